The average Bonchev–Trinajstić information content (AvgIpc) is 3.61. The first-order chi connectivity index (χ1) is 26.6. The molecule has 0 spiro atoms. The third kappa shape index (κ3) is 5.21. The molecule has 0 fully saturated rings. The smallest absolute Gasteiger partial charge is 0.0362 e. The number of thiol groups is 1. The van der Waals surface area contributed by atoms with Gasteiger partial charge >= 0.3 is 0 Å². The molecule has 2 heteroatoms. The topological polar surface area (TPSA) is 0 Å². The van der Waals surface area contributed by atoms with E-state index < -0.39 is 0 Å². The van der Waals surface area contributed by atoms with Gasteiger partial charge in [0.15, 0.2) is 0 Å². The van der Waals surface area contributed by atoms with Crippen LogP contribution in [-0.4, -0.2) is 0 Å². The fourth-order valence-corrected chi connectivity index (χ4v) is 10.2. The van der Waals surface area contributed by atoms with E-state index in [0.29, 0.717) is 5.92 Å². The molecule has 2 aliphatic carbocycles. The molecule has 256 valence electrons. The average molecular weight is 725 g/mol. The van der Waals surface area contributed by atoms with Gasteiger partial charge in [-0.1, -0.05) is 153 Å². The molecule has 8 aromatic rings. The molecule has 0 radical (unpaired) electrons. The number of thiophene rings is 1. The van der Waals surface area contributed by atoms with Crippen LogP contribution < -0.4 is 0 Å². The summed E-state index contributed by atoms with van der Waals surface area (Å²) >= 11 is 6.86. The van der Waals surface area contributed by atoms with Crippen molar-refractivity contribution in [2.45, 2.75) is 11.3 Å². The van der Waals surface area contributed by atoms with Gasteiger partial charge in [0.1, 0.15) is 0 Å². The molecule has 1 unspecified atom stereocenters. The highest BCUT2D eigenvalue weighted by atomic mass is 32.1. The van der Waals surface area contributed by atoms with Crippen molar-refractivity contribution in [2.24, 2.45) is 5.92 Å². The van der Waals surface area contributed by atoms with Crippen LogP contribution in [0.5, 0.6) is 0 Å². The molecule has 0 aliphatic heterocycles. The highest BCUT2D eigenvalue weighted by molar-refractivity contribution is 7.80. The summed E-state index contributed by atoms with van der Waals surface area (Å²) < 4.78 is 2.57. The number of allylic oxidation sites excluding steroid dienone is 8. The molecule has 0 saturated carbocycles. The van der Waals surface area contributed by atoms with Gasteiger partial charge < -0.3 is 0 Å². The van der Waals surface area contributed by atoms with E-state index in [1.807, 2.05) is 23.5 Å². The van der Waals surface area contributed by atoms with Gasteiger partial charge in [-0.25, -0.2) is 0 Å². The van der Waals surface area contributed by atoms with Crippen molar-refractivity contribution in [2.75, 3.05) is 0 Å². The van der Waals surface area contributed by atoms with Gasteiger partial charge in [0, 0.05) is 36.5 Å². The van der Waals surface area contributed by atoms with Gasteiger partial charge in [-0.05, 0) is 114 Å². The van der Waals surface area contributed by atoms with Crippen molar-refractivity contribution >= 4 is 83.4 Å². The normalized spacial score (nSPS) is 15.1. The van der Waals surface area contributed by atoms with E-state index in [4.69, 9.17) is 12.6 Å². The van der Waals surface area contributed by atoms with Crippen molar-refractivity contribution in [3.8, 4) is 33.4 Å². The summed E-state index contributed by atoms with van der Waals surface area (Å²) in [7, 11) is 0. The fraction of sp³-hybridized carbons (Fsp3) is 0.0385. The van der Waals surface area contributed by atoms with Crippen LogP contribution in [0.2, 0.25) is 0 Å². The van der Waals surface area contributed by atoms with Crippen LogP contribution in [-0.2, 0) is 0 Å². The van der Waals surface area contributed by atoms with Crippen molar-refractivity contribution in [3.63, 3.8) is 0 Å². The first kappa shape index (κ1) is 32.7. The van der Waals surface area contributed by atoms with E-state index in [1.54, 1.807) is 0 Å². The minimum Gasteiger partial charge on any atom is -0.143 e. The van der Waals surface area contributed by atoms with Crippen LogP contribution >= 0.6 is 24.0 Å². The van der Waals surface area contributed by atoms with E-state index in [1.165, 1.54) is 91.8 Å². The summed E-state index contributed by atoms with van der Waals surface area (Å²) in [6.45, 7) is 8.74. The highest BCUT2D eigenvalue weighted by Crippen LogP contribution is 2.47. The maximum absolute atomic E-state index is 5.00. The number of hydrogen-bond acceptors (Lipinski definition) is 2. The first-order valence-corrected chi connectivity index (χ1v) is 19.7. The standard InChI is InChI=1S/C52H36S2/c1-3-40-41(4-2)49(39-22-21-32-13-8-9-16-35(32)29-39)43-20-11-10-19-42(43)48(40)38-18-12-17-36(30-38)37-25-27-46-44(31-37)52-47(54-46)28-24-34-23-26-45(53)50(51(34)52)33-14-6-5-7-15-33/h3-28,30-31,35,53H,1-2,29H2. The summed E-state index contributed by atoms with van der Waals surface area (Å²) in [5.41, 5.74) is 13.3. The van der Waals surface area contributed by atoms with Crippen LogP contribution in [0, 0.1) is 5.92 Å². The van der Waals surface area contributed by atoms with Gasteiger partial charge in [-0.3, -0.25) is 0 Å². The Morgan fingerprint density at radius 3 is 2.11 bits per heavy atom. The molecule has 1 aromatic heterocycles. The molecule has 0 nitrogen and oxygen atoms in total. The molecule has 0 N–H and O–H groups in total. The lowest BCUT2D eigenvalue weighted by atomic mass is 9.77. The van der Waals surface area contributed by atoms with Crippen molar-refractivity contribution < 1.29 is 0 Å². The molecule has 10 rings (SSSR count). The van der Waals surface area contributed by atoms with E-state index >= 15 is 0 Å². The second kappa shape index (κ2) is 13.2. The van der Waals surface area contributed by atoms with E-state index in [2.05, 4.69) is 171 Å². The van der Waals surface area contributed by atoms with Gasteiger partial charge in [-0.15, -0.1) is 24.0 Å². The lowest BCUT2D eigenvalue weighted by Gasteiger charge is -2.26. The van der Waals surface area contributed by atoms with Gasteiger partial charge in [0.2, 0.25) is 0 Å². The number of benzene rings is 7. The SMILES string of the molecule is C=Cc1c(C=C)c(-c2cccc(-c3ccc4sc5ccc6ccc(S)c(-c7ccccc7)c6c5c4c3)c2)c2ccccc2c1C1=CC=C2C=CC=CC2C1. The monoisotopic (exact) mass is 724 g/mol. The van der Waals surface area contributed by atoms with Crippen LogP contribution in [0.4, 0.5) is 0 Å². The largest absolute Gasteiger partial charge is 0.143 e. The Balaban J connectivity index is 1.16. The van der Waals surface area contributed by atoms with Crippen molar-refractivity contribution in [3.05, 3.63) is 193 Å². The second-order valence-corrected chi connectivity index (χ2v) is 15.8. The quantitative estimate of drug-likeness (QED) is 0.162. The number of hydrogen-bond donors (Lipinski definition) is 1. The zero-order valence-electron chi connectivity index (χ0n) is 29.7. The molecule has 7 aromatic carbocycles. The van der Waals surface area contributed by atoms with Gasteiger partial charge in [-0.2, -0.15) is 0 Å². The van der Waals surface area contributed by atoms with Crippen LogP contribution in [0.15, 0.2) is 181 Å². The molecular weight excluding hydrogens is 689 g/mol. The lowest BCUT2D eigenvalue weighted by Crippen LogP contribution is -2.08. The molecule has 0 bridgehead atoms. The zero-order valence-corrected chi connectivity index (χ0v) is 31.4. The lowest BCUT2D eigenvalue weighted by molar-refractivity contribution is 0.793. The Hall–Kier alpha value is -5.93. The molecule has 2 aliphatic rings. The minimum absolute atomic E-state index is 0.385. The summed E-state index contributed by atoms with van der Waals surface area (Å²) in [5.74, 6) is 0.385. The second-order valence-electron chi connectivity index (χ2n) is 14.2. The van der Waals surface area contributed by atoms with Gasteiger partial charge in [0.25, 0.3) is 0 Å². The Bertz CT molecular complexity index is 3000. The number of rotatable bonds is 6. The predicted octanol–water partition coefficient (Wildman–Crippen LogP) is 15.4. The Morgan fingerprint density at radius 1 is 0.574 bits per heavy atom. The first-order valence-electron chi connectivity index (χ1n) is 18.5. The third-order valence-corrected chi connectivity index (χ3v) is 12.8. The predicted molar refractivity (Wildman–Crippen MR) is 241 cm³/mol. The van der Waals surface area contributed by atoms with E-state index in [0.717, 1.165) is 22.4 Å². The summed E-state index contributed by atoms with van der Waals surface area (Å²) in [5, 5.41) is 7.53. The molecule has 1 atom stereocenters. The molecule has 0 saturated heterocycles. The summed E-state index contributed by atoms with van der Waals surface area (Å²) in [4.78, 5) is 0.989. The maximum atomic E-state index is 5.00. The fourth-order valence-electron chi connectivity index (χ4n) is 8.82. The highest BCUT2D eigenvalue weighted by Gasteiger charge is 2.24. The van der Waals surface area contributed by atoms with Crippen LogP contribution in [0.1, 0.15) is 23.1 Å². The molecule has 0 amide bonds. The third-order valence-electron chi connectivity index (χ3n) is 11.3. The van der Waals surface area contributed by atoms with Crippen LogP contribution in [0.25, 0.3) is 92.8 Å². The Labute approximate surface area is 325 Å². The van der Waals surface area contributed by atoms with E-state index in [-0.39, 0.29) is 0 Å². The van der Waals surface area contributed by atoms with Gasteiger partial charge in [0.05, 0.1) is 0 Å². The number of fused-ring (bicyclic) bond motifs is 7. The van der Waals surface area contributed by atoms with E-state index in [9.17, 15) is 0 Å². The molecular formula is C52H36S2. The zero-order chi connectivity index (χ0) is 36.3. The maximum Gasteiger partial charge on any atom is 0.0362 e. The summed E-state index contributed by atoms with van der Waals surface area (Å²) in [6, 6.07) is 44.4. The Kier molecular flexibility index (Phi) is 7.98. The molecule has 1 heterocycles. The Morgan fingerprint density at radius 2 is 1.28 bits per heavy atom. The van der Waals surface area contributed by atoms with Crippen LogP contribution in [0.3, 0.4) is 0 Å². The molecule has 54 heavy (non-hydrogen) atoms. The van der Waals surface area contributed by atoms with Crippen molar-refractivity contribution in [1.82, 2.24) is 0 Å². The minimum atomic E-state index is 0.385. The van der Waals surface area contributed by atoms with Crippen molar-refractivity contribution in [1.29, 1.82) is 0 Å². The summed E-state index contributed by atoms with van der Waals surface area (Å²) in [6.07, 6.45) is 18.5.